The van der Waals surface area contributed by atoms with Gasteiger partial charge in [0.05, 0.1) is 18.6 Å². The predicted octanol–water partition coefficient (Wildman–Crippen LogP) is 2.27. The number of H-pyrrole nitrogens is 1. The van der Waals surface area contributed by atoms with Crippen LogP contribution in [0.1, 0.15) is 24.0 Å². The van der Waals surface area contributed by atoms with Crippen LogP contribution in [0.15, 0.2) is 59.4 Å². The van der Waals surface area contributed by atoms with Gasteiger partial charge in [-0.1, -0.05) is 42.5 Å². The van der Waals surface area contributed by atoms with Crippen molar-refractivity contribution in [3.8, 4) is 5.75 Å². The van der Waals surface area contributed by atoms with E-state index < -0.39 is 0 Å². The highest BCUT2D eigenvalue weighted by Gasteiger charge is 2.24. The molecule has 0 amide bonds. The number of benzene rings is 2. The monoisotopic (exact) mass is 349 g/mol. The molecule has 0 spiro atoms. The van der Waals surface area contributed by atoms with Crippen molar-refractivity contribution in [2.45, 2.75) is 25.8 Å². The zero-order chi connectivity index (χ0) is 17.9. The van der Waals surface area contributed by atoms with Gasteiger partial charge in [-0.05, 0) is 42.9 Å². The molecule has 134 valence electrons. The maximum absolute atomic E-state index is 12.4. The van der Waals surface area contributed by atoms with Crippen LogP contribution in [0, 0.1) is 5.92 Å². The van der Waals surface area contributed by atoms with E-state index in [4.69, 9.17) is 0 Å². The van der Waals surface area contributed by atoms with Crippen LogP contribution in [-0.2, 0) is 13.0 Å². The lowest BCUT2D eigenvalue weighted by Gasteiger charge is -2.29. The fraction of sp³-hybridized carbons (Fsp3) is 0.318. The molecule has 0 unspecified atom stereocenters. The van der Waals surface area contributed by atoms with Crippen LogP contribution in [0.2, 0.25) is 0 Å². The summed E-state index contributed by atoms with van der Waals surface area (Å²) in [5, 5.41) is 11.3. The molecule has 1 aliphatic rings. The van der Waals surface area contributed by atoms with Crippen molar-refractivity contribution in [2.24, 2.45) is 5.92 Å². The van der Waals surface area contributed by atoms with Gasteiger partial charge in [0.1, 0.15) is 17.9 Å². The van der Waals surface area contributed by atoms with Crippen molar-refractivity contribution in [1.29, 1.82) is 0 Å². The standard InChI is InChI=1S/C22H24N2O2/c25-21-18-8-4-5-9-20(18)23-22(26)19(21)15-24-12-10-17(11-13-24)14-16-6-2-1-3-7-16/h1-9,17H,10-15H2,(H2,23,25,26)/p+1. The fourth-order valence-corrected chi connectivity index (χ4v) is 4.09. The predicted molar refractivity (Wildman–Crippen MR) is 104 cm³/mol. The number of para-hydroxylation sites is 1. The molecule has 2 heterocycles. The normalized spacial score (nSPS) is 20.3. The summed E-state index contributed by atoms with van der Waals surface area (Å²) in [6.45, 7) is 2.68. The average molecular weight is 349 g/mol. The Bertz CT molecular complexity index is 941. The fourth-order valence-electron chi connectivity index (χ4n) is 4.09. The largest absolute Gasteiger partial charge is 0.507 e. The quantitative estimate of drug-likeness (QED) is 0.677. The third-order valence-electron chi connectivity index (χ3n) is 5.60. The lowest BCUT2D eigenvalue weighted by Crippen LogP contribution is -3.12. The highest BCUT2D eigenvalue weighted by Crippen LogP contribution is 2.24. The Hall–Kier alpha value is -2.59. The number of fused-ring (bicyclic) bond motifs is 1. The Morgan fingerprint density at radius 2 is 1.69 bits per heavy atom. The van der Waals surface area contributed by atoms with E-state index in [9.17, 15) is 9.90 Å². The Kier molecular flexibility index (Phi) is 4.76. The summed E-state index contributed by atoms with van der Waals surface area (Å²) in [4.78, 5) is 16.7. The molecule has 0 radical (unpaired) electrons. The highest BCUT2D eigenvalue weighted by atomic mass is 16.3. The minimum absolute atomic E-state index is 0.142. The Balaban J connectivity index is 1.43. The molecule has 1 aliphatic heterocycles. The van der Waals surface area contributed by atoms with Gasteiger partial charge in [-0.15, -0.1) is 0 Å². The summed E-state index contributed by atoms with van der Waals surface area (Å²) in [5.41, 5.74) is 2.44. The van der Waals surface area contributed by atoms with Gasteiger partial charge in [-0.25, -0.2) is 0 Å². The third kappa shape index (κ3) is 3.51. The molecule has 0 aliphatic carbocycles. The molecule has 1 saturated heterocycles. The number of piperidine rings is 1. The summed E-state index contributed by atoms with van der Waals surface area (Å²) in [7, 11) is 0. The third-order valence-corrected chi connectivity index (χ3v) is 5.60. The summed E-state index contributed by atoms with van der Waals surface area (Å²) < 4.78 is 0. The maximum Gasteiger partial charge on any atom is 0.261 e. The molecule has 26 heavy (non-hydrogen) atoms. The second-order valence-corrected chi connectivity index (χ2v) is 7.39. The SMILES string of the molecule is O=c1[nH]c2ccccc2c(O)c1C[NH+]1CCC(Cc2ccccc2)CC1. The number of pyridine rings is 1. The molecule has 1 fully saturated rings. The van der Waals surface area contributed by atoms with Crippen LogP contribution in [0.25, 0.3) is 10.9 Å². The Morgan fingerprint density at radius 3 is 2.46 bits per heavy atom. The van der Waals surface area contributed by atoms with Gasteiger partial charge < -0.3 is 15.0 Å². The van der Waals surface area contributed by atoms with Gasteiger partial charge in [0, 0.05) is 5.39 Å². The number of aromatic hydroxyl groups is 1. The summed E-state index contributed by atoms with van der Waals surface area (Å²) in [6.07, 6.45) is 3.46. The van der Waals surface area contributed by atoms with Gasteiger partial charge in [0.15, 0.2) is 0 Å². The van der Waals surface area contributed by atoms with E-state index in [1.54, 1.807) is 0 Å². The van der Waals surface area contributed by atoms with E-state index in [0.717, 1.165) is 37.7 Å². The number of quaternary nitrogens is 1. The van der Waals surface area contributed by atoms with Crippen molar-refractivity contribution in [2.75, 3.05) is 13.1 Å². The van der Waals surface area contributed by atoms with Crippen LogP contribution in [0.4, 0.5) is 0 Å². The zero-order valence-electron chi connectivity index (χ0n) is 14.9. The smallest absolute Gasteiger partial charge is 0.261 e. The zero-order valence-corrected chi connectivity index (χ0v) is 14.9. The minimum atomic E-state index is -0.167. The molecule has 4 heteroatoms. The summed E-state index contributed by atoms with van der Waals surface area (Å²) in [6, 6.07) is 18.1. The Labute approximate surface area is 153 Å². The van der Waals surface area contributed by atoms with Crippen molar-refractivity contribution in [1.82, 2.24) is 4.98 Å². The first-order valence-electron chi connectivity index (χ1n) is 9.41. The number of aromatic nitrogens is 1. The molecule has 0 atom stereocenters. The molecular weight excluding hydrogens is 324 g/mol. The topological polar surface area (TPSA) is 57.5 Å². The summed E-state index contributed by atoms with van der Waals surface area (Å²) in [5.74, 6) is 0.855. The minimum Gasteiger partial charge on any atom is -0.507 e. The molecular formula is C22H25N2O2+. The molecule has 4 rings (SSSR count). The van der Waals surface area contributed by atoms with Crippen LogP contribution in [-0.4, -0.2) is 23.2 Å². The van der Waals surface area contributed by atoms with Crippen molar-refractivity contribution in [3.05, 3.63) is 76.1 Å². The van der Waals surface area contributed by atoms with E-state index in [0.29, 0.717) is 23.5 Å². The van der Waals surface area contributed by atoms with E-state index >= 15 is 0 Å². The summed E-state index contributed by atoms with van der Waals surface area (Å²) >= 11 is 0. The van der Waals surface area contributed by atoms with Crippen LogP contribution in [0.3, 0.4) is 0 Å². The van der Waals surface area contributed by atoms with E-state index in [-0.39, 0.29) is 11.3 Å². The average Bonchev–Trinajstić information content (AvgIpc) is 2.67. The highest BCUT2D eigenvalue weighted by molar-refractivity contribution is 5.85. The van der Waals surface area contributed by atoms with E-state index in [2.05, 4.69) is 35.3 Å². The lowest BCUT2D eigenvalue weighted by atomic mass is 9.90. The van der Waals surface area contributed by atoms with Crippen LogP contribution >= 0.6 is 0 Å². The first kappa shape index (κ1) is 16.9. The molecule has 4 nitrogen and oxygen atoms in total. The van der Waals surface area contributed by atoms with Gasteiger partial charge in [-0.3, -0.25) is 4.79 Å². The number of hydrogen-bond acceptors (Lipinski definition) is 2. The second kappa shape index (κ2) is 7.34. The van der Waals surface area contributed by atoms with Gasteiger partial charge in [-0.2, -0.15) is 0 Å². The molecule has 2 aromatic carbocycles. The second-order valence-electron chi connectivity index (χ2n) is 7.39. The first-order valence-corrected chi connectivity index (χ1v) is 9.41. The number of rotatable bonds is 4. The first-order chi connectivity index (χ1) is 12.7. The molecule has 0 bridgehead atoms. The molecule has 0 saturated carbocycles. The van der Waals surface area contributed by atoms with Crippen LogP contribution < -0.4 is 10.5 Å². The number of likely N-dealkylation sites (tertiary alicyclic amines) is 1. The van der Waals surface area contributed by atoms with Crippen molar-refractivity contribution < 1.29 is 10.0 Å². The van der Waals surface area contributed by atoms with Crippen molar-refractivity contribution in [3.63, 3.8) is 0 Å². The van der Waals surface area contributed by atoms with E-state index in [1.165, 1.54) is 10.5 Å². The van der Waals surface area contributed by atoms with Gasteiger partial charge in [0.2, 0.25) is 0 Å². The molecule has 3 N–H and O–H groups in total. The lowest BCUT2D eigenvalue weighted by molar-refractivity contribution is -0.919. The van der Waals surface area contributed by atoms with Gasteiger partial charge >= 0.3 is 0 Å². The van der Waals surface area contributed by atoms with Crippen LogP contribution in [0.5, 0.6) is 5.75 Å². The maximum atomic E-state index is 12.4. The Morgan fingerprint density at radius 1 is 1.00 bits per heavy atom. The molecule has 3 aromatic rings. The number of hydrogen-bond donors (Lipinski definition) is 3. The van der Waals surface area contributed by atoms with E-state index in [1.807, 2.05) is 24.3 Å². The van der Waals surface area contributed by atoms with Gasteiger partial charge in [0.25, 0.3) is 5.56 Å². The molecule has 1 aromatic heterocycles. The van der Waals surface area contributed by atoms with Crippen molar-refractivity contribution >= 4 is 10.9 Å². The number of aromatic amines is 1. The number of nitrogens with one attached hydrogen (secondary N) is 2.